The van der Waals surface area contributed by atoms with Gasteiger partial charge in [-0.15, -0.1) is 0 Å². The summed E-state index contributed by atoms with van der Waals surface area (Å²) in [6.07, 6.45) is 2.03. The first-order valence-corrected chi connectivity index (χ1v) is 7.03. The number of hydrogen-bond donors (Lipinski definition) is 1. The standard InChI is InChI=1S/C17H20N2O2/c1-10(2)16-14(17(20)21)9-18-15(19-16)8-13-6-11(3)5-12(4)7-13/h5-7,9-10H,8H2,1-4H3,(H,20,21). The fraction of sp³-hybridized carbons (Fsp3) is 0.353. The van der Waals surface area contributed by atoms with Crippen molar-refractivity contribution in [1.82, 2.24) is 9.97 Å². The predicted octanol–water partition coefficient (Wildman–Crippen LogP) is 3.51. The van der Waals surface area contributed by atoms with Crippen molar-refractivity contribution in [1.29, 1.82) is 0 Å². The fourth-order valence-corrected chi connectivity index (χ4v) is 2.48. The second-order valence-electron chi connectivity index (χ2n) is 5.72. The zero-order valence-electron chi connectivity index (χ0n) is 12.8. The molecule has 0 bridgehead atoms. The first-order chi connectivity index (χ1) is 9.86. The second-order valence-corrected chi connectivity index (χ2v) is 5.72. The molecule has 0 saturated heterocycles. The van der Waals surface area contributed by atoms with E-state index in [-0.39, 0.29) is 11.5 Å². The van der Waals surface area contributed by atoms with Crippen LogP contribution in [0.25, 0.3) is 0 Å². The highest BCUT2D eigenvalue weighted by molar-refractivity contribution is 5.88. The molecule has 0 aliphatic rings. The molecule has 1 aromatic heterocycles. The molecule has 0 aliphatic heterocycles. The maximum absolute atomic E-state index is 11.2. The second kappa shape index (κ2) is 6.04. The van der Waals surface area contributed by atoms with Gasteiger partial charge in [-0.05, 0) is 25.3 Å². The summed E-state index contributed by atoms with van der Waals surface area (Å²) in [5.74, 6) is -0.262. The van der Waals surface area contributed by atoms with E-state index in [0.29, 0.717) is 17.9 Å². The highest BCUT2D eigenvalue weighted by Crippen LogP contribution is 2.18. The van der Waals surface area contributed by atoms with Crippen LogP contribution in [0.5, 0.6) is 0 Å². The molecule has 0 unspecified atom stereocenters. The van der Waals surface area contributed by atoms with E-state index in [1.54, 1.807) is 0 Å². The average Bonchev–Trinajstić information content (AvgIpc) is 2.36. The Morgan fingerprint density at radius 2 is 1.81 bits per heavy atom. The van der Waals surface area contributed by atoms with Gasteiger partial charge in [0.15, 0.2) is 0 Å². The lowest BCUT2D eigenvalue weighted by molar-refractivity contribution is 0.0694. The SMILES string of the molecule is Cc1cc(C)cc(Cc2ncc(C(=O)O)c(C(C)C)n2)c1. The molecular formula is C17H20N2O2. The van der Waals surface area contributed by atoms with Crippen molar-refractivity contribution in [2.24, 2.45) is 0 Å². The van der Waals surface area contributed by atoms with Gasteiger partial charge in [-0.1, -0.05) is 43.2 Å². The van der Waals surface area contributed by atoms with Gasteiger partial charge in [-0.2, -0.15) is 0 Å². The molecule has 1 heterocycles. The van der Waals surface area contributed by atoms with Crippen LogP contribution in [0.3, 0.4) is 0 Å². The minimum Gasteiger partial charge on any atom is -0.478 e. The van der Waals surface area contributed by atoms with Crippen LogP contribution in [0, 0.1) is 13.8 Å². The van der Waals surface area contributed by atoms with Crippen molar-refractivity contribution in [2.75, 3.05) is 0 Å². The van der Waals surface area contributed by atoms with E-state index in [2.05, 4.69) is 42.0 Å². The van der Waals surface area contributed by atoms with E-state index < -0.39 is 5.97 Å². The van der Waals surface area contributed by atoms with Crippen molar-refractivity contribution >= 4 is 5.97 Å². The molecule has 1 N–H and O–H groups in total. The molecule has 2 rings (SSSR count). The molecule has 0 saturated carbocycles. The summed E-state index contributed by atoms with van der Waals surface area (Å²) in [7, 11) is 0. The molecule has 0 radical (unpaired) electrons. The number of nitrogens with zero attached hydrogens (tertiary/aromatic N) is 2. The third-order valence-corrected chi connectivity index (χ3v) is 3.29. The molecule has 2 aromatic rings. The third-order valence-electron chi connectivity index (χ3n) is 3.29. The Bertz CT molecular complexity index is 658. The summed E-state index contributed by atoms with van der Waals surface area (Å²) < 4.78 is 0. The molecule has 0 spiro atoms. The van der Waals surface area contributed by atoms with E-state index in [1.165, 1.54) is 17.3 Å². The third kappa shape index (κ3) is 3.66. The molecule has 0 fully saturated rings. The molecule has 110 valence electrons. The van der Waals surface area contributed by atoms with Crippen molar-refractivity contribution in [3.8, 4) is 0 Å². The van der Waals surface area contributed by atoms with Crippen LogP contribution in [0.2, 0.25) is 0 Å². The van der Waals surface area contributed by atoms with Gasteiger partial charge in [0.1, 0.15) is 5.82 Å². The monoisotopic (exact) mass is 284 g/mol. The van der Waals surface area contributed by atoms with Crippen LogP contribution >= 0.6 is 0 Å². The molecule has 0 aliphatic carbocycles. The van der Waals surface area contributed by atoms with Crippen molar-refractivity contribution < 1.29 is 9.90 Å². The van der Waals surface area contributed by atoms with Gasteiger partial charge in [-0.25, -0.2) is 14.8 Å². The Morgan fingerprint density at radius 1 is 1.19 bits per heavy atom. The topological polar surface area (TPSA) is 63.1 Å². The zero-order valence-corrected chi connectivity index (χ0v) is 12.8. The number of rotatable bonds is 4. The van der Waals surface area contributed by atoms with Gasteiger partial charge in [0, 0.05) is 12.6 Å². The number of aromatic carboxylic acids is 1. The Labute approximate surface area is 124 Å². The average molecular weight is 284 g/mol. The number of carboxylic acids is 1. The highest BCUT2D eigenvalue weighted by atomic mass is 16.4. The molecule has 1 aromatic carbocycles. The van der Waals surface area contributed by atoms with Gasteiger partial charge < -0.3 is 5.11 Å². The maximum atomic E-state index is 11.2. The summed E-state index contributed by atoms with van der Waals surface area (Å²) in [6, 6.07) is 6.34. The number of aryl methyl sites for hydroxylation is 2. The molecule has 21 heavy (non-hydrogen) atoms. The van der Waals surface area contributed by atoms with Gasteiger partial charge in [0.05, 0.1) is 11.3 Å². The summed E-state index contributed by atoms with van der Waals surface area (Å²) in [6.45, 7) is 8.00. The number of carboxylic acid groups (broad SMARTS) is 1. The Morgan fingerprint density at radius 3 is 2.33 bits per heavy atom. The summed E-state index contributed by atoms with van der Waals surface area (Å²) in [5, 5.41) is 9.19. The lowest BCUT2D eigenvalue weighted by Gasteiger charge is -2.11. The van der Waals surface area contributed by atoms with Crippen LogP contribution in [0.1, 0.15) is 58.3 Å². The Balaban J connectivity index is 2.36. The Hall–Kier alpha value is -2.23. The minimum atomic E-state index is -0.975. The summed E-state index contributed by atoms with van der Waals surface area (Å²) in [4.78, 5) is 19.9. The Kier molecular flexibility index (Phi) is 4.36. The van der Waals surface area contributed by atoms with Gasteiger partial charge in [-0.3, -0.25) is 0 Å². The summed E-state index contributed by atoms with van der Waals surface area (Å²) >= 11 is 0. The first kappa shape index (κ1) is 15.2. The molecular weight excluding hydrogens is 264 g/mol. The van der Waals surface area contributed by atoms with Crippen LogP contribution in [0.15, 0.2) is 24.4 Å². The number of aromatic nitrogens is 2. The van der Waals surface area contributed by atoms with Crippen molar-refractivity contribution in [3.05, 3.63) is 58.2 Å². The van der Waals surface area contributed by atoms with Crippen molar-refractivity contribution in [2.45, 2.75) is 40.0 Å². The van der Waals surface area contributed by atoms with Crippen molar-refractivity contribution in [3.63, 3.8) is 0 Å². The predicted molar refractivity (Wildman–Crippen MR) is 81.8 cm³/mol. The highest BCUT2D eigenvalue weighted by Gasteiger charge is 2.16. The van der Waals surface area contributed by atoms with Gasteiger partial charge in [0.25, 0.3) is 0 Å². The number of carbonyl (C=O) groups is 1. The lowest BCUT2D eigenvalue weighted by atomic mass is 10.0. The normalized spacial score (nSPS) is 10.9. The molecule has 4 heteroatoms. The van der Waals surface area contributed by atoms with E-state index in [0.717, 1.165) is 5.56 Å². The van der Waals surface area contributed by atoms with Crippen LogP contribution in [-0.4, -0.2) is 21.0 Å². The van der Waals surface area contributed by atoms with Gasteiger partial charge >= 0.3 is 5.97 Å². The molecule has 4 nitrogen and oxygen atoms in total. The fourth-order valence-electron chi connectivity index (χ4n) is 2.48. The van der Waals surface area contributed by atoms with E-state index in [9.17, 15) is 9.90 Å². The van der Waals surface area contributed by atoms with Crippen LogP contribution < -0.4 is 0 Å². The van der Waals surface area contributed by atoms with Crippen LogP contribution in [-0.2, 0) is 6.42 Å². The number of hydrogen-bond acceptors (Lipinski definition) is 3. The molecule has 0 amide bonds. The van der Waals surface area contributed by atoms with E-state index >= 15 is 0 Å². The lowest BCUT2D eigenvalue weighted by Crippen LogP contribution is -2.10. The van der Waals surface area contributed by atoms with E-state index in [1.807, 2.05) is 13.8 Å². The number of benzene rings is 1. The molecule has 0 atom stereocenters. The zero-order chi connectivity index (χ0) is 15.6. The van der Waals surface area contributed by atoms with Crippen LogP contribution in [0.4, 0.5) is 0 Å². The largest absolute Gasteiger partial charge is 0.478 e. The smallest absolute Gasteiger partial charge is 0.339 e. The summed E-state index contributed by atoms with van der Waals surface area (Å²) in [5.41, 5.74) is 4.34. The maximum Gasteiger partial charge on any atom is 0.339 e. The quantitative estimate of drug-likeness (QED) is 0.933. The first-order valence-electron chi connectivity index (χ1n) is 7.03. The minimum absolute atomic E-state index is 0.0529. The van der Waals surface area contributed by atoms with Gasteiger partial charge in [0.2, 0.25) is 0 Å². The van der Waals surface area contributed by atoms with E-state index in [4.69, 9.17) is 0 Å².